The molecular weight excluding hydrogens is 292 g/mol. The van der Waals surface area contributed by atoms with Crippen LogP contribution in [0.2, 0.25) is 0 Å². The Hall–Kier alpha value is -2.62. The minimum absolute atomic E-state index is 0.120. The average Bonchev–Trinajstić information content (AvgIpc) is 2.63. The molecule has 0 unspecified atom stereocenters. The second kappa shape index (κ2) is 7.58. The number of methoxy groups -OCH3 is 2. The number of hydrogen-bond acceptors (Lipinski definition) is 4. The highest BCUT2D eigenvalue weighted by molar-refractivity contribution is 5.88. The van der Waals surface area contributed by atoms with Crippen LogP contribution in [0.5, 0.6) is 0 Å². The number of esters is 2. The number of benzene rings is 2. The van der Waals surface area contributed by atoms with Gasteiger partial charge >= 0.3 is 11.9 Å². The van der Waals surface area contributed by atoms with Crippen LogP contribution in [0.3, 0.4) is 0 Å². The highest BCUT2D eigenvalue weighted by atomic mass is 16.5. The molecule has 0 aliphatic heterocycles. The van der Waals surface area contributed by atoms with E-state index in [0.29, 0.717) is 0 Å². The third-order valence-corrected chi connectivity index (χ3v) is 4.00. The van der Waals surface area contributed by atoms with Crippen molar-refractivity contribution in [2.24, 2.45) is 0 Å². The van der Waals surface area contributed by atoms with Crippen LogP contribution in [0.4, 0.5) is 0 Å². The van der Waals surface area contributed by atoms with E-state index in [1.807, 2.05) is 60.7 Å². The van der Waals surface area contributed by atoms with Crippen molar-refractivity contribution < 1.29 is 19.1 Å². The van der Waals surface area contributed by atoms with Crippen LogP contribution < -0.4 is 0 Å². The molecule has 0 aliphatic rings. The van der Waals surface area contributed by atoms with Gasteiger partial charge in [0.2, 0.25) is 0 Å². The smallest absolute Gasteiger partial charge is 0.320 e. The fourth-order valence-corrected chi connectivity index (χ4v) is 2.80. The van der Waals surface area contributed by atoms with Crippen molar-refractivity contribution in [3.63, 3.8) is 0 Å². The summed E-state index contributed by atoms with van der Waals surface area (Å²) in [5.41, 5.74) is 0.551. The Morgan fingerprint density at radius 2 is 1.30 bits per heavy atom. The molecule has 4 heteroatoms. The van der Waals surface area contributed by atoms with E-state index < -0.39 is 5.41 Å². The Kier molecular flexibility index (Phi) is 5.52. The Labute approximate surface area is 136 Å². The van der Waals surface area contributed by atoms with Crippen LogP contribution in [-0.4, -0.2) is 26.2 Å². The molecule has 0 radical (unpaired) electrons. The summed E-state index contributed by atoms with van der Waals surface area (Å²) in [5.74, 6) is -0.746. The van der Waals surface area contributed by atoms with Gasteiger partial charge in [-0.2, -0.15) is 0 Å². The summed E-state index contributed by atoms with van der Waals surface area (Å²) in [7, 11) is 2.70. The summed E-state index contributed by atoms with van der Waals surface area (Å²) in [4.78, 5) is 24.4. The molecule has 120 valence electrons. The monoisotopic (exact) mass is 312 g/mol. The summed E-state index contributed by atoms with van der Waals surface area (Å²) in [6.07, 6.45) is 0.399. The maximum absolute atomic E-state index is 12.8. The topological polar surface area (TPSA) is 52.6 Å². The molecule has 0 aliphatic carbocycles. The van der Waals surface area contributed by atoms with E-state index in [1.54, 1.807) is 0 Å². The molecule has 4 nitrogen and oxygen atoms in total. The lowest BCUT2D eigenvalue weighted by Gasteiger charge is -2.32. The molecule has 23 heavy (non-hydrogen) atoms. The largest absolute Gasteiger partial charge is 0.469 e. The SMILES string of the molecule is COC(=O)CCC(C(=O)OC)(c1ccccc1)c1ccccc1. The molecule has 2 aromatic carbocycles. The van der Waals surface area contributed by atoms with E-state index in [-0.39, 0.29) is 24.8 Å². The summed E-state index contributed by atoms with van der Waals surface area (Å²) >= 11 is 0. The average molecular weight is 312 g/mol. The molecular formula is C19H20O4. The molecule has 2 aromatic rings. The van der Waals surface area contributed by atoms with Crippen LogP contribution in [0.25, 0.3) is 0 Å². The van der Waals surface area contributed by atoms with Crippen molar-refractivity contribution in [2.75, 3.05) is 14.2 Å². The number of carbonyl (C=O) groups is 2. The zero-order chi connectivity index (χ0) is 16.7. The zero-order valence-electron chi connectivity index (χ0n) is 13.3. The number of ether oxygens (including phenoxy) is 2. The van der Waals surface area contributed by atoms with Gasteiger partial charge in [0, 0.05) is 6.42 Å². The van der Waals surface area contributed by atoms with E-state index in [4.69, 9.17) is 9.47 Å². The molecule has 0 atom stereocenters. The Bertz CT molecular complexity index is 610. The summed E-state index contributed by atoms with van der Waals surface area (Å²) in [6, 6.07) is 18.8. The second-order valence-electron chi connectivity index (χ2n) is 5.21. The van der Waals surface area contributed by atoms with Gasteiger partial charge in [0.1, 0.15) is 5.41 Å². The van der Waals surface area contributed by atoms with Crippen molar-refractivity contribution >= 4 is 11.9 Å². The molecule has 0 saturated heterocycles. The molecule has 2 rings (SSSR count). The Balaban J connectivity index is 2.59. The lowest BCUT2D eigenvalue weighted by molar-refractivity contribution is -0.147. The summed E-state index contributed by atoms with van der Waals surface area (Å²) < 4.78 is 9.84. The van der Waals surface area contributed by atoms with E-state index in [9.17, 15) is 9.59 Å². The first kappa shape index (κ1) is 16.7. The van der Waals surface area contributed by atoms with Gasteiger partial charge in [-0.25, -0.2) is 0 Å². The van der Waals surface area contributed by atoms with E-state index in [0.717, 1.165) is 11.1 Å². The molecule has 0 bridgehead atoms. The third-order valence-electron chi connectivity index (χ3n) is 4.00. The maximum atomic E-state index is 12.8. The number of hydrogen-bond donors (Lipinski definition) is 0. The highest BCUT2D eigenvalue weighted by Crippen LogP contribution is 2.38. The predicted molar refractivity (Wildman–Crippen MR) is 86.9 cm³/mol. The van der Waals surface area contributed by atoms with Gasteiger partial charge in [0.15, 0.2) is 0 Å². The quantitative estimate of drug-likeness (QED) is 0.769. The third kappa shape index (κ3) is 3.42. The normalized spacial score (nSPS) is 10.9. The van der Waals surface area contributed by atoms with Gasteiger partial charge in [-0.05, 0) is 17.5 Å². The van der Waals surface area contributed by atoms with Crippen LogP contribution in [0.1, 0.15) is 24.0 Å². The maximum Gasteiger partial charge on any atom is 0.320 e. The molecule has 0 aromatic heterocycles. The second-order valence-corrected chi connectivity index (χ2v) is 5.21. The summed E-state index contributed by atoms with van der Waals surface area (Å²) in [6.45, 7) is 0. The first-order valence-corrected chi connectivity index (χ1v) is 7.41. The van der Waals surface area contributed by atoms with Crippen molar-refractivity contribution in [3.05, 3.63) is 71.8 Å². The van der Waals surface area contributed by atoms with Crippen molar-refractivity contribution in [2.45, 2.75) is 18.3 Å². The van der Waals surface area contributed by atoms with Crippen LogP contribution >= 0.6 is 0 Å². The van der Waals surface area contributed by atoms with Crippen LogP contribution in [0, 0.1) is 0 Å². The minimum atomic E-state index is -1.04. The van der Waals surface area contributed by atoms with E-state index >= 15 is 0 Å². The first-order valence-electron chi connectivity index (χ1n) is 7.41. The molecule has 0 saturated carbocycles. The van der Waals surface area contributed by atoms with Gasteiger partial charge in [-0.15, -0.1) is 0 Å². The van der Waals surface area contributed by atoms with Crippen LogP contribution in [-0.2, 0) is 24.5 Å². The minimum Gasteiger partial charge on any atom is -0.469 e. The predicted octanol–water partition coefficient (Wildman–Crippen LogP) is 3.10. The number of rotatable bonds is 6. The zero-order valence-corrected chi connectivity index (χ0v) is 13.3. The van der Waals surface area contributed by atoms with Crippen molar-refractivity contribution in [1.82, 2.24) is 0 Å². The standard InChI is InChI=1S/C19H20O4/c1-22-17(20)13-14-19(18(21)23-2,15-9-5-3-6-10-15)16-11-7-4-8-12-16/h3-12H,13-14H2,1-2H3. The van der Waals surface area contributed by atoms with Gasteiger partial charge in [0.05, 0.1) is 14.2 Å². The van der Waals surface area contributed by atoms with Crippen molar-refractivity contribution in [1.29, 1.82) is 0 Å². The van der Waals surface area contributed by atoms with Gasteiger partial charge in [-0.3, -0.25) is 9.59 Å². The number of carbonyl (C=O) groups excluding carboxylic acids is 2. The molecule has 0 heterocycles. The highest BCUT2D eigenvalue weighted by Gasteiger charge is 2.43. The van der Waals surface area contributed by atoms with Gasteiger partial charge in [-0.1, -0.05) is 60.7 Å². The van der Waals surface area contributed by atoms with E-state index in [2.05, 4.69) is 0 Å². The Morgan fingerprint density at radius 3 is 1.70 bits per heavy atom. The van der Waals surface area contributed by atoms with Gasteiger partial charge in [0.25, 0.3) is 0 Å². The lowest BCUT2D eigenvalue weighted by Crippen LogP contribution is -2.39. The molecule has 0 amide bonds. The first-order chi connectivity index (χ1) is 11.1. The molecule has 0 fully saturated rings. The molecule has 0 N–H and O–H groups in total. The van der Waals surface area contributed by atoms with Gasteiger partial charge < -0.3 is 9.47 Å². The Morgan fingerprint density at radius 1 is 0.826 bits per heavy atom. The lowest BCUT2D eigenvalue weighted by atomic mass is 9.71. The fraction of sp³-hybridized carbons (Fsp3) is 0.263. The fourth-order valence-electron chi connectivity index (χ4n) is 2.80. The van der Waals surface area contributed by atoms with Crippen LogP contribution in [0.15, 0.2) is 60.7 Å². The van der Waals surface area contributed by atoms with E-state index in [1.165, 1.54) is 14.2 Å². The summed E-state index contributed by atoms with van der Waals surface area (Å²) in [5, 5.41) is 0. The molecule has 0 spiro atoms. The van der Waals surface area contributed by atoms with Crippen molar-refractivity contribution in [3.8, 4) is 0 Å².